The molecule has 2 aromatic heterocycles. The molecule has 1 fully saturated rings. The zero-order valence-corrected chi connectivity index (χ0v) is 12.8. The molecule has 1 amide bonds. The molecule has 1 aliphatic rings. The van der Waals surface area contributed by atoms with Crippen molar-refractivity contribution in [2.24, 2.45) is 5.92 Å². The lowest BCUT2D eigenvalue weighted by Gasteiger charge is -2.09. The smallest absolute Gasteiger partial charge is 0.263 e. The summed E-state index contributed by atoms with van der Waals surface area (Å²) >= 11 is 3.02. The molecule has 0 aromatic carbocycles. The van der Waals surface area contributed by atoms with Crippen LogP contribution in [0.15, 0.2) is 16.8 Å². The van der Waals surface area contributed by atoms with E-state index >= 15 is 0 Å². The fraction of sp³-hybridized carbons (Fsp3) is 0.429. The van der Waals surface area contributed by atoms with E-state index in [4.69, 9.17) is 0 Å². The van der Waals surface area contributed by atoms with E-state index in [-0.39, 0.29) is 5.91 Å². The van der Waals surface area contributed by atoms with Crippen molar-refractivity contribution in [1.29, 1.82) is 0 Å². The lowest BCUT2D eigenvalue weighted by atomic mass is 10.2. The first-order valence-electron chi connectivity index (χ1n) is 6.61. The van der Waals surface area contributed by atoms with Crippen LogP contribution >= 0.6 is 22.7 Å². The minimum absolute atomic E-state index is 0.138. The molecule has 0 bridgehead atoms. The molecule has 0 saturated heterocycles. The maximum absolute atomic E-state index is 12.1. The second kappa shape index (κ2) is 5.63. The van der Waals surface area contributed by atoms with Gasteiger partial charge in [0.1, 0.15) is 9.88 Å². The van der Waals surface area contributed by atoms with Gasteiger partial charge in [-0.3, -0.25) is 4.79 Å². The summed E-state index contributed by atoms with van der Waals surface area (Å²) < 4.78 is 0. The molecule has 2 N–H and O–H groups in total. The van der Waals surface area contributed by atoms with Gasteiger partial charge < -0.3 is 10.4 Å². The van der Waals surface area contributed by atoms with Crippen molar-refractivity contribution in [1.82, 2.24) is 10.3 Å². The number of thiophene rings is 1. The van der Waals surface area contributed by atoms with Crippen LogP contribution in [0.2, 0.25) is 0 Å². The molecule has 1 atom stereocenters. The quantitative estimate of drug-likeness (QED) is 0.892. The Balaban J connectivity index is 1.68. The Labute approximate surface area is 125 Å². The summed E-state index contributed by atoms with van der Waals surface area (Å²) in [5.41, 5.74) is 1.80. The third kappa shape index (κ3) is 2.92. The van der Waals surface area contributed by atoms with Gasteiger partial charge in [-0.15, -0.1) is 11.3 Å². The molecule has 2 heterocycles. The molecule has 4 nitrogen and oxygen atoms in total. The zero-order chi connectivity index (χ0) is 14.1. The molecule has 0 radical (unpaired) electrons. The molecule has 106 valence electrons. The first kappa shape index (κ1) is 13.7. The molecule has 0 spiro atoms. The van der Waals surface area contributed by atoms with Crippen molar-refractivity contribution in [2.45, 2.75) is 25.9 Å². The fourth-order valence-corrected chi connectivity index (χ4v) is 3.74. The van der Waals surface area contributed by atoms with Gasteiger partial charge in [0.15, 0.2) is 0 Å². The molecule has 1 aliphatic carbocycles. The van der Waals surface area contributed by atoms with E-state index in [0.29, 0.717) is 17.3 Å². The second-order valence-electron chi connectivity index (χ2n) is 5.06. The minimum atomic E-state index is -0.413. The summed E-state index contributed by atoms with van der Waals surface area (Å²) in [6.07, 6.45) is 1.72. The van der Waals surface area contributed by atoms with Crippen molar-refractivity contribution >= 4 is 28.6 Å². The van der Waals surface area contributed by atoms with Gasteiger partial charge in [0.05, 0.1) is 11.8 Å². The number of aliphatic hydroxyl groups excluding tert-OH is 1. The highest BCUT2D eigenvalue weighted by Crippen LogP contribution is 2.32. The van der Waals surface area contributed by atoms with Crippen LogP contribution in [0.5, 0.6) is 0 Å². The Bertz CT molecular complexity index is 603. The standard InChI is InChI=1S/C14H16N2O2S2/c1-8-12(13(18)15-6-11(17)9-2-3-9)20-14(16-8)10-4-5-19-7-10/h4-5,7,9,11,17H,2-3,6H2,1H3,(H,15,18). The molecular formula is C14H16N2O2S2. The van der Waals surface area contributed by atoms with Gasteiger partial charge in [0.25, 0.3) is 5.91 Å². The molecule has 0 aliphatic heterocycles. The van der Waals surface area contributed by atoms with Gasteiger partial charge in [-0.1, -0.05) is 0 Å². The van der Waals surface area contributed by atoms with Crippen molar-refractivity contribution < 1.29 is 9.90 Å². The van der Waals surface area contributed by atoms with E-state index in [2.05, 4.69) is 10.3 Å². The minimum Gasteiger partial charge on any atom is -0.391 e. The number of carbonyl (C=O) groups excluding carboxylic acids is 1. The Hall–Kier alpha value is -1.24. The Morgan fingerprint density at radius 3 is 3.05 bits per heavy atom. The Kier molecular flexibility index (Phi) is 3.87. The number of aliphatic hydroxyl groups is 1. The number of thiazole rings is 1. The SMILES string of the molecule is Cc1nc(-c2ccsc2)sc1C(=O)NCC(O)C1CC1. The average molecular weight is 308 g/mol. The number of rotatable bonds is 5. The second-order valence-corrected chi connectivity index (χ2v) is 6.84. The molecular weight excluding hydrogens is 292 g/mol. The summed E-state index contributed by atoms with van der Waals surface area (Å²) in [4.78, 5) is 17.2. The van der Waals surface area contributed by atoms with E-state index < -0.39 is 6.10 Å². The van der Waals surface area contributed by atoms with Gasteiger partial charge in [-0.2, -0.15) is 11.3 Å². The monoisotopic (exact) mass is 308 g/mol. The van der Waals surface area contributed by atoms with Gasteiger partial charge in [-0.05, 0) is 37.1 Å². The first-order valence-corrected chi connectivity index (χ1v) is 8.37. The Morgan fingerprint density at radius 1 is 1.60 bits per heavy atom. The third-order valence-electron chi connectivity index (χ3n) is 3.41. The third-order valence-corrected chi connectivity index (χ3v) is 5.30. The number of carbonyl (C=O) groups is 1. The van der Waals surface area contributed by atoms with Crippen LogP contribution in [-0.4, -0.2) is 28.6 Å². The predicted octanol–water partition coefficient (Wildman–Crippen LogP) is 2.68. The first-order chi connectivity index (χ1) is 9.65. The molecule has 1 unspecified atom stereocenters. The van der Waals surface area contributed by atoms with Crippen LogP contribution in [-0.2, 0) is 0 Å². The van der Waals surface area contributed by atoms with Crippen LogP contribution in [0.3, 0.4) is 0 Å². The van der Waals surface area contributed by atoms with Crippen LogP contribution in [0.4, 0.5) is 0 Å². The van der Waals surface area contributed by atoms with Crippen LogP contribution < -0.4 is 5.32 Å². The summed E-state index contributed by atoms with van der Waals surface area (Å²) in [6.45, 7) is 2.17. The highest BCUT2D eigenvalue weighted by molar-refractivity contribution is 7.17. The fourth-order valence-electron chi connectivity index (χ4n) is 2.04. The van der Waals surface area contributed by atoms with Crippen molar-refractivity contribution in [3.8, 4) is 10.6 Å². The highest BCUT2D eigenvalue weighted by atomic mass is 32.1. The lowest BCUT2D eigenvalue weighted by molar-refractivity contribution is 0.0904. The summed E-state index contributed by atoms with van der Waals surface area (Å²) in [5.74, 6) is 0.236. The number of nitrogens with one attached hydrogen (secondary N) is 1. The lowest BCUT2D eigenvalue weighted by Crippen LogP contribution is -2.33. The van der Waals surface area contributed by atoms with Crippen LogP contribution in [0, 0.1) is 12.8 Å². The van der Waals surface area contributed by atoms with Crippen LogP contribution in [0.25, 0.3) is 10.6 Å². The maximum atomic E-state index is 12.1. The summed E-state index contributed by atoms with van der Waals surface area (Å²) in [7, 11) is 0. The molecule has 3 rings (SSSR count). The number of aryl methyl sites for hydroxylation is 1. The molecule has 2 aromatic rings. The van der Waals surface area contributed by atoms with Gasteiger partial charge >= 0.3 is 0 Å². The van der Waals surface area contributed by atoms with E-state index in [1.807, 2.05) is 23.8 Å². The molecule has 20 heavy (non-hydrogen) atoms. The van der Waals surface area contributed by atoms with E-state index in [1.54, 1.807) is 11.3 Å². The van der Waals surface area contributed by atoms with Gasteiger partial charge in [0.2, 0.25) is 0 Å². The van der Waals surface area contributed by atoms with Crippen molar-refractivity contribution in [3.63, 3.8) is 0 Å². The number of hydrogen-bond acceptors (Lipinski definition) is 5. The molecule has 6 heteroatoms. The topological polar surface area (TPSA) is 62.2 Å². The van der Waals surface area contributed by atoms with Gasteiger partial charge in [-0.25, -0.2) is 4.98 Å². The maximum Gasteiger partial charge on any atom is 0.263 e. The normalized spacial score (nSPS) is 16.1. The summed E-state index contributed by atoms with van der Waals surface area (Å²) in [5, 5.41) is 17.5. The average Bonchev–Trinajstić information content (AvgIpc) is 2.99. The predicted molar refractivity (Wildman–Crippen MR) is 81.2 cm³/mol. The number of nitrogens with zero attached hydrogens (tertiary/aromatic N) is 1. The zero-order valence-electron chi connectivity index (χ0n) is 11.1. The number of hydrogen-bond donors (Lipinski definition) is 2. The van der Waals surface area contributed by atoms with Gasteiger partial charge in [0, 0.05) is 17.5 Å². The number of amides is 1. The largest absolute Gasteiger partial charge is 0.391 e. The van der Waals surface area contributed by atoms with Crippen molar-refractivity contribution in [3.05, 3.63) is 27.4 Å². The Morgan fingerprint density at radius 2 is 2.40 bits per heavy atom. The summed E-state index contributed by atoms with van der Waals surface area (Å²) in [6, 6.07) is 2.00. The van der Waals surface area contributed by atoms with E-state index in [9.17, 15) is 9.90 Å². The van der Waals surface area contributed by atoms with E-state index in [1.165, 1.54) is 11.3 Å². The molecule has 1 saturated carbocycles. The highest BCUT2D eigenvalue weighted by Gasteiger charge is 2.30. The number of aromatic nitrogens is 1. The van der Waals surface area contributed by atoms with Crippen molar-refractivity contribution in [2.75, 3.05) is 6.54 Å². The van der Waals surface area contributed by atoms with Crippen LogP contribution in [0.1, 0.15) is 28.2 Å². The van der Waals surface area contributed by atoms with E-state index in [0.717, 1.165) is 29.1 Å².